The van der Waals surface area contributed by atoms with E-state index in [1.807, 2.05) is 5.38 Å². The van der Waals surface area contributed by atoms with Gasteiger partial charge < -0.3 is 0 Å². The van der Waals surface area contributed by atoms with Gasteiger partial charge in [0.2, 0.25) is 0 Å². The van der Waals surface area contributed by atoms with Gasteiger partial charge in [0, 0.05) is 22.2 Å². The fourth-order valence-electron chi connectivity index (χ4n) is 0.852. The van der Waals surface area contributed by atoms with Crippen LogP contribution in [0.15, 0.2) is 14.3 Å². The molecule has 0 saturated heterocycles. The Morgan fingerprint density at radius 2 is 2.23 bits per heavy atom. The highest BCUT2D eigenvalue weighted by atomic mass is 79.9. The van der Waals surface area contributed by atoms with Crippen molar-refractivity contribution in [1.29, 1.82) is 0 Å². The third-order valence-electron chi connectivity index (χ3n) is 1.48. The van der Waals surface area contributed by atoms with Crippen LogP contribution in [0.1, 0.15) is 22.5 Å². The number of rotatable bonds is 4. The largest absolute Gasteiger partial charge is 0.293 e. The Bertz CT molecular complexity index is 311. The molecule has 1 heterocycles. The predicted octanol–water partition coefficient (Wildman–Crippen LogP) is 4.47. The average molecular weight is 346 g/mol. The van der Waals surface area contributed by atoms with Crippen LogP contribution >= 0.6 is 54.8 Å². The van der Waals surface area contributed by atoms with Gasteiger partial charge in [-0.2, -0.15) is 0 Å². The van der Waals surface area contributed by atoms with Crippen LogP contribution in [-0.4, -0.2) is 11.7 Å². The van der Waals surface area contributed by atoms with Crippen molar-refractivity contribution in [3.05, 3.63) is 19.2 Å². The molecule has 0 aromatic carbocycles. The van der Waals surface area contributed by atoms with Crippen molar-refractivity contribution in [2.24, 2.45) is 0 Å². The Kier molecular flexibility index (Phi) is 4.94. The molecule has 1 aromatic rings. The molecule has 0 aliphatic carbocycles. The van der Waals surface area contributed by atoms with Crippen LogP contribution in [0, 0.1) is 0 Å². The summed E-state index contributed by atoms with van der Waals surface area (Å²) in [6.07, 6.45) is 1.26. The summed E-state index contributed by atoms with van der Waals surface area (Å²) >= 11 is 13.6. The summed E-state index contributed by atoms with van der Waals surface area (Å²) in [5.74, 6) is 0.693. The average Bonchev–Trinajstić information content (AvgIpc) is 2.44. The molecule has 0 aliphatic heterocycles. The zero-order chi connectivity index (χ0) is 9.84. The van der Waals surface area contributed by atoms with E-state index in [2.05, 4.69) is 31.9 Å². The smallest absolute Gasteiger partial charge is 0.174 e. The first-order valence-electron chi connectivity index (χ1n) is 3.68. The third-order valence-corrected chi connectivity index (χ3v) is 5.31. The van der Waals surface area contributed by atoms with Crippen molar-refractivity contribution in [2.45, 2.75) is 12.8 Å². The van der Waals surface area contributed by atoms with Crippen LogP contribution in [-0.2, 0) is 0 Å². The SMILES string of the molecule is O=C(CCCCl)c1scc(Br)c1Br. The van der Waals surface area contributed by atoms with Gasteiger partial charge >= 0.3 is 0 Å². The zero-order valence-corrected chi connectivity index (χ0v) is 11.4. The van der Waals surface area contributed by atoms with E-state index in [1.165, 1.54) is 11.3 Å². The molecule has 0 unspecified atom stereocenters. The number of hydrogen-bond acceptors (Lipinski definition) is 2. The van der Waals surface area contributed by atoms with E-state index in [1.54, 1.807) is 0 Å². The van der Waals surface area contributed by atoms with Gasteiger partial charge in [0.25, 0.3) is 0 Å². The highest BCUT2D eigenvalue weighted by Crippen LogP contribution is 2.33. The van der Waals surface area contributed by atoms with E-state index < -0.39 is 0 Å². The van der Waals surface area contributed by atoms with Crippen LogP contribution in [0.3, 0.4) is 0 Å². The number of thiophene rings is 1. The fraction of sp³-hybridized carbons (Fsp3) is 0.375. The number of ketones is 1. The second-order valence-electron chi connectivity index (χ2n) is 2.44. The molecule has 1 aromatic heterocycles. The minimum Gasteiger partial charge on any atom is -0.293 e. The summed E-state index contributed by atoms with van der Waals surface area (Å²) in [7, 11) is 0. The first-order valence-corrected chi connectivity index (χ1v) is 6.68. The highest BCUT2D eigenvalue weighted by molar-refractivity contribution is 9.13. The van der Waals surface area contributed by atoms with E-state index in [9.17, 15) is 4.79 Å². The lowest BCUT2D eigenvalue weighted by molar-refractivity contribution is 0.0985. The first kappa shape index (κ1) is 11.7. The maximum Gasteiger partial charge on any atom is 0.174 e. The van der Waals surface area contributed by atoms with Gasteiger partial charge in [-0.3, -0.25) is 4.79 Å². The molecule has 5 heteroatoms. The van der Waals surface area contributed by atoms with Gasteiger partial charge in [-0.25, -0.2) is 0 Å². The summed E-state index contributed by atoms with van der Waals surface area (Å²) in [6, 6.07) is 0. The van der Waals surface area contributed by atoms with E-state index in [0.717, 1.165) is 20.2 Å². The monoisotopic (exact) mass is 344 g/mol. The normalized spacial score (nSPS) is 10.4. The lowest BCUT2D eigenvalue weighted by Crippen LogP contribution is -1.96. The zero-order valence-electron chi connectivity index (χ0n) is 6.65. The molecular formula is C8H7Br2ClOS. The van der Waals surface area contributed by atoms with Crippen molar-refractivity contribution in [1.82, 2.24) is 0 Å². The van der Waals surface area contributed by atoms with Crippen LogP contribution in [0.2, 0.25) is 0 Å². The quantitative estimate of drug-likeness (QED) is 0.580. The van der Waals surface area contributed by atoms with Gasteiger partial charge in [0.05, 0.1) is 9.35 Å². The van der Waals surface area contributed by atoms with Crippen molar-refractivity contribution < 1.29 is 4.79 Å². The Morgan fingerprint density at radius 3 is 2.69 bits per heavy atom. The molecule has 0 amide bonds. The van der Waals surface area contributed by atoms with Crippen LogP contribution in [0.25, 0.3) is 0 Å². The lowest BCUT2D eigenvalue weighted by Gasteiger charge is -1.96. The maximum atomic E-state index is 11.5. The highest BCUT2D eigenvalue weighted by Gasteiger charge is 2.13. The fourth-order valence-corrected chi connectivity index (χ4v) is 3.15. The van der Waals surface area contributed by atoms with E-state index >= 15 is 0 Å². The number of halogens is 3. The molecular weight excluding hydrogens is 339 g/mol. The maximum absolute atomic E-state index is 11.5. The van der Waals surface area contributed by atoms with Crippen LogP contribution in [0.5, 0.6) is 0 Å². The van der Waals surface area contributed by atoms with E-state index in [-0.39, 0.29) is 5.78 Å². The predicted molar refractivity (Wildman–Crippen MR) is 64.0 cm³/mol. The summed E-state index contributed by atoms with van der Waals surface area (Å²) in [5, 5.41) is 1.90. The minimum absolute atomic E-state index is 0.156. The topological polar surface area (TPSA) is 17.1 Å². The molecule has 1 rings (SSSR count). The van der Waals surface area contributed by atoms with Crippen LogP contribution in [0.4, 0.5) is 0 Å². The van der Waals surface area contributed by atoms with Crippen molar-refractivity contribution >= 4 is 60.6 Å². The number of Topliss-reactive ketones (excluding diaryl/α,β-unsaturated/α-hetero) is 1. The van der Waals surface area contributed by atoms with Gasteiger partial charge in [-0.05, 0) is 38.3 Å². The summed E-state index contributed by atoms with van der Waals surface area (Å²) in [4.78, 5) is 12.3. The van der Waals surface area contributed by atoms with Crippen LogP contribution < -0.4 is 0 Å². The Morgan fingerprint density at radius 1 is 1.54 bits per heavy atom. The molecule has 0 radical (unpaired) electrons. The molecule has 72 valence electrons. The van der Waals surface area contributed by atoms with E-state index in [0.29, 0.717) is 12.3 Å². The van der Waals surface area contributed by atoms with Crippen molar-refractivity contribution in [3.63, 3.8) is 0 Å². The molecule has 0 atom stereocenters. The number of carbonyl (C=O) groups excluding carboxylic acids is 1. The molecule has 0 fully saturated rings. The second kappa shape index (κ2) is 5.49. The summed E-state index contributed by atoms with van der Waals surface area (Å²) in [5.41, 5.74) is 0. The summed E-state index contributed by atoms with van der Waals surface area (Å²) in [6.45, 7) is 0. The number of hydrogen-bond donors (Lipinski definition) is 0. The molecule has 0 saturated carbocycles. The minimum atomic E-state index is 0.156. The standard InChI is InChI=1S/C8H7Br2ClOS/c9-5-4-13-8(7(5)10)6(12)2-1-3-11/h4H,1-3H2. The number of carbonyl (C=O) groups is 1. The Labute approximate surface area is 103 Å². The first-order chi connectivity index (χ1) is 6.16. The number of alkyl halides is 1. The molecule has 1 nitrogen and oxygen atoms in total. The van der Waals surface area contributed by atoms with Gasteiger partial charge in [-0.15, -0.1) is 22.9 Å². The summed E-state index contributed by atoms with van der Waals surface area (Å²) < 4.78 is 1.80. The molecule has 0 bridgehead atoms. The Balaban J connectivity index is 2.71. The second-order valence-corrected chi connectivity index (χ2v) is 5.35. The molecule has 0 N–H and O–H groups in total. The van der Waals surface area contributed by atoms with Gasteiger partial charge in [-0.1, -0.05) is 0 Å². The van der Waals surface area contributed by atoms with Gasteiger partial charge in [0.15, 0.2) is 5.78 Å². The molecule has 0 spiro atoms. The molecule has 0 aliphatic rings. The third kappa shape index (κ3) is 3.05. The Hall–Kier alpha value is 0.620. The molecule has 13 heavy (non-hydrogen) atoms. The lowest BCUT2D eigenvalue weighted by atomic mass is 10.2. The van der Waals surface area contributed by atoms with E-state index in [4.69, 9.17) is 11.6 Å². The van der Waals surface area contributed by atoms with Crippen molar-refractivity contribution in [2.75, 3.05) is 5.88 Å². The van der Waals surface area contributed by atoms with Gasteiger partial charge in [0.1, 0.15) is 0 Å². The van der Waals surface area contributed by atoms with Crippen molar-refractivity contribution in [3.8, 4) is 0 Å².